The van der Waals surface area contributed by atoms with Crippen LogP contribution in [0.25, 0.3) is 11.4 Å². The number of nitrogens with zero attached hydrogens (tertiary/aromatic N) is 5. The largest absolute Gasteiger partial charge is 0.334 e. The quantitative estimate of drug-likeness (QED) is 0.764. The molecule has 1 aromatic heterocycles. The number of amides is 1. The van der Waals surface area contributed by atoms with Crippen LogP contribution in [0.3, 0.4) is 0 Å². The van der Waals surface area contributed by atoms with E-state index in [2.05, 4.69) is 15.4 Å². The lowest BCUT2D eigenvalue weighted by molar-refractivity contribution is -0.136. The Morgan fingerprint density at radius 2 is 1.85 bits per heavy atom. The number of rotatable bonds is 5. The minimum atomic E-state index is -3.05. The van der Waals surface area contributed by atoms with Crippen LogP contribution in [0.15, 0.2) is 30.3 Å². The number of aromatic nitrogens is 4. The monoisotopic (exact) mass is 389 g/mol. The van der Waals surface area contributed by atoms with Crippen molar-refractivity contribution in [2.75, 3.05) is 11.5 Å². The number of carbonyl (C=O) groups is 1. The Labute approximate surface area is 158 Å². The summed E-state index contributed by atoms with van der Waals surface area (Å²) in [6, 6.07) is 9.35. The molecule has 0 radical (unpaired) electrons. The second kappa shape index (κ2) is 7.38. The first kappa shape index (κ1) is 18.1. The van der Waals surface area contributed by atoms with E-state index in [1.807, 2.05) is 35.2 Å². The van der Waals surface area contributed by atoms with Gasteiger partial charge in [0.2, 0.25) is 11.7 Å². The maximum atomic E-state index is 13.0. The van der Waals surface area contributed by atoms with Crippen LogP contribution in [-0.4, -0.2) is 63.0 Å². The smallest absolute Gasteiger partial charge is 0.246 e. The highest BCUT2D eigenvalue weighted by atomic mass is 32.2. The summed E-state index contributed by atoms with van der Waals surface area (Å²) >= 11 is 0. The molecule has 0 bridgehead atoms. The molecule has 1 saturated carbocycles. The molecule has 4 rings (SSSR count). The van der Waals surface area contributed by atoms with Crippen LogP contribution in [0.1, 0.15) is 32.1 Å². The van der Waals surface area contributed by atoms with E-state index in [-0.39, 0.29) is 36.0 Å². The molecule has 2 fully saturated rings. The highest BCUT2D eigenvalue weighted by Crippen LogP contribution is 2.29. The number of benzene rings is 1. The van der Waals surface area contributed by atoms with E-state index in [0.29, 0.717) is 12.2 Å². The topological polar surface area (TPSA) is 98.1 Å². The number of hydrogen-bond donors (Lipinski definition) is 0. The predicted octanol–water partition coefficient (Wildman–Crippen LogP) is 1.30. The molecule has 2 aromatic rings. The van der Waals surface area contributed by atoms with Gasteiger partial charge in [-0.2, -0.15) is 4.80 Å². The summed E-state index contributed by atoms with van der Waals surface area (Å²) in [5.74, 6) is 0.573. The van der Waals surface area contributed by atoms with Crippen LogP contribution in [-0.2, 0) is 21.2 Å². The fraction of sp³-hybridized carbons (Fsp3) is 0.556. The summed E-state index contributed by atoms with van der Waals surface area (Å²) < 4.78 is 23.8. The van der Waals surface area contributed by atoms with Crippen LogP contribution >= 0.6 is 0 Å². The maximum Gasteiger partial charge on any atom is 0.246 e. The molecule has 8 nitrogen and oxygen atoms in total. The first-order chi connectivity index (χ1) is 13.0. The average Bonchev–Trinajstić information content (AvgIpc) is 3.38. The molecule has 1 saturated heterocycles. The van der Waals surface area contributed by atoms with Gasteiger partial charge in [-0.05, 0) is 24.5 Å². The van der Waals surface area contributed by atoms with Crippen molar-refractivity contribution in [1.82, 2.24) is 25.1 Å². The van der Waals surface area contributed by atoms with Crippen LogP contribution in [0, 0.1) is 0 Å². The second-order valence-electron chi connectivity index (χ2n) is 7.31. The van der Waals surface area contributed by atoms with Gasteiger partial charge >= 0.3 is 0 Å². The highest BCUT2D eigenvalue weighted by Gasteiger charge is 2.39. The van der Waals surface area contributed by atoms with Crippen molar-refractivity contribution in [3.05, 3.63) is 30.3 Å². The minimum absolute atomic E-state index is 0.0210. The third-order valence-electron chi connectivity index (χ3n) is 5.37. The van der Waals surface area contributed by atoms with E-state index in [9.17, 15) is 13.2 Å². The molecule has 2 aliphatic rings. The zero-order valence-corrected chi connectivity index (χ0v) is 15.9. The first-order valence-electron chi connectivity index (χ1n) is 9.37. The number of hydrogen-bond acceptors (Lipinski definition) is 6. The summed E-state index contributed by atoms with van der Waals surface area (Å²) in [5, 5.41) is 12.4. The van der Waals surface area contributed by atoms with Gasteiger partial charge in [-0.3, -0.25) is 4.79 Å². The number of tetrazole rings is 1. The van der Waals surface area contributed by atoms with Gasteiger partial charge in [-0.15, -0.1) is 10.2 Å². The number of sulfone groups is 1. The van der Waals surface area contributed by atoms with E-state index in [1.165, 1.54) is 4.80 Å². The molecule has 144 valence electrons. The zero-order chi connectivity index (χ0) is 18.9. The lowest BCUT2D eigenvalue weighted by atomic mass is 10.1. The molecule has 1 amide bonds. The van der Waals surface area contributed by atoms with Gasteiger partial charge in [0.15, 0.2) is 9.84 Å². The van der Waals surface area contributed by atoms with Gasteiger partial charge in [0.1, 0.15) is 6.54 Å². The molecule has 0 spiro atoms. The van der Waals surface area contributed by atoms with Crippen molar-refractivity contribution >= 4 is 15.7 Å². The van der Waals surface area contributed by atoms with Crippen molar-refractivity contribution in [1.29, 1.82) is 0 Å². The van der Waals surface area contributed by atoms with Crippen molar-refractivity contribution in [2.45, 2.75) is 50.7 Å². The molecule has 9 heteroatoms. The van der Waals surface area contributed by atoms with E-state index in [1.54, 1.807) is 0 Å². The van der Waals surface area contributed by atoms with Crippen molar-refractivity contribution in [3.8, 4) is 11.4 Å². The average molecular weight is 389 g/mol. The molecule has 1 atom stereocenters. The Hall–Kier alpha value is -2.29. The Bertz CT molecular complexity index is 906. The standard InChI is InChI=1S/C18H23N5O3S/c24-17(12-22-20-18(19-21-22)14-6-2-1-3-7-14)23(15-8-4-5-9-15)16-10-11-27(25,26)13-16/h1-3,6-7,15-16H,4-5,8-13H2. The second-order valence-corrected chi connectivity index (χ2v) is 9.53. The molecule has 1 aliphatic carbocycles. The van der Waals surface area contributed by atoms with Crippen LogP contribution < -0.4 is 0 Å². The van der Waals surface area contributed by atoms with Crippen LogP contribution in [0.2, 0.25) is 0 Å². The van der Waals surface area contributed by atoms with Gasteiger partial charge < -0.3 is 4.90 Å². The summed E-state index contributed by atoms with van der Waals surface area (Å²) in [7, 11) is -3.05. The third-order valence-corrected chi connectivity index (χ3v) is 7.12. The molecule has 1 aliphatic heterocycles. The summed E-state index contributed by atoms with van der Waals surface area (Å²) in [4.78, 5) is 16.2. The molecular formula is C18H23N5O3S. The van der Waals surface area contributed by atoms with Gasteiger partial charge in [0.05, 0.1) is 11.5 Å². The van der Waals surface area contributed by atoms with Gasteiger partial charge in [0.25, 0.3) is 0 Å². The van der Waals surface area contributed by atoms with Gasteiger partial charge in [-0.1, -0.05) is 43.2 Å². The molecule has 2 heterocycles. The highest BCUT2D eigenvalue weighted by molar-refractivity contribution is 7.91. The zero-order valence-electron chi connectivity index (χ0n) is 15.1. The molecular weight excluding hydrogens is 366 g/mol. The van der Waals surface area contributed by atoms with E-state index >= 15 is 0 Å². The van der Waals surface area contributed by atoms with E-state index < -0.39 is 9.84 Å². The van der Waals surface area contributed by atoms with Crippen LogP contribution in [0.5, 0.6) is 0 Å². The van der Waals surface area contributed by atoms with Crippen molar-refractivity contribution < 1.29 is 13.2 Å². The summed E-state index contributed by atoms with van der Waals surface area (Å²) in [5.41, 5.74) is 0.839. The van der Waals surface area contributed by atoms with Gasteiger partial charge in [-0.25, -0.2) is 8.42 Å². The van der Waals surface area contributed by atoms with Crippen molar-refractivity contribution in [2.24, 2.45) is 0 Å². The fourth-order valence-electron chi connectivity index (χ4n) is 4.10. The Kier molecular flexibility index (Phi) is 4.94. The minimum Gasteiger partial charge on any atom is -0.334 e. The SMILES string of the molecule is O=C(Cn1nnc(-c2ccccc2)n1)N(C1CCCC1)C1CCS(=O)(=O)C1. The Balaban J connectivity index is 1.51. The summed E-state index contributed by atoms with van der Waals surface area (Å²) in [6.07, 6.45) is 4.54. The fourth-order valence-corrected chi connectivity index (χ4v) is 5.81. The van der Waals surface area contributed by atoms with Crippen LogP contribution in [0.4, 0.5) is 0 Å². The predicted molar refractivity (Wildman–Crippen MR) is 99.4 cm³/mol. The molecule has 0 N–H and O–H groups in total. The lowest BCUT2D eigenvalue weighted by Gasteiger charge is -2.33. The van der Waals surface area contributed by atoms with Crippen molar-refractivity contribution in [3.63, 3.8) is 0 Å². The third kappa shape index (κ3) is 4.02. The van der Waals surface area contributed by atoms with E-state index in [4.69, 9.17) is 0 Å². The first-order valence-corrected chi connectivity index (χ1v) is 11.2. The Morgan fingerprint density at radius 1 is 1.11 bits per heavy atom. The normalized spacial score (nSPS) is 22.1. The Morgan fingerprint density at radius 3 is 2.52 bits per heavy atom. The molecule has 1 aromatic carbocycles. The lowest BCUT2D eigenvalue weighted by Crippen LogP contribution is -2.48. The molecule has 1 unspecified atom stereocenters. The molecule has 27 heavy (non-hydrogen) atoms. The van der Waals surface area contributed by atoms with Gasteiger partial charge in [0, 0.05) is 17.6 Å². The number of carbonyl (C=O) groups excluding carboxylic acids is 1. The maximum absolute atomic E-state index is 13.0. The van der Waals surface area contributed by atoms with E-state index in [0.717, 1.165) is 31.2 Å². The summed E-state index contributed by atoms with van der Waals surface area (Å²) in [6.45, 7) is -0.0210.